The topological polar surface area (TPSA) is 17.1 Å². The van der Waals surface area contributed by atoms with E-state index in [-0.39, 0.29) is 10.6 Å². The van der Waals surface area contributed by atoms with Gasteiger partial charge in [-0.1, -0.05) is 86.5 Å². The number of carbonyl (C=O) groups excluding carboxylic acids is 1. The summed E-state index contributed by atoms with van der Waals surface area (Å²) in [6, 6.07) is 18.1. The summed E-state index contributed by atoms with van der Waals surface area (Å²) in [6.07, 6.45) is 2.79. The summed E-state index contributed by atoms with van der Waals surface area (Å²) in [5.74, 6) is 0.182. The van der Waals surface area contributed by atoms with Crippen molar-refractivity contribution in [1.82, 2.24) is 0 Å². The first kappa shape index (κ1) is 15.0. The molecule has 0 radical (unpaired) electrons. The number of halogens is 2. The van der Waals surface area contributed by atoms with E-state index >= 15 is 0 Å². The van der Waals surface area contributed by atoms with Gasteiger partial charge < -0.3 is 0 Å². The summed E-state index contributed by atoms with van der Waals surface area (Å²) < 4.78 is -0.582. The average molecular weight is 408 g/mol. The van der Waals surface area contributed by atoms with Crippen molar-refractivity contribution < 1.29 is 4.79 Å². The minimum absolute atomic E-state index is 0.0372. The van der Waals surface area contributed by atoms with Gasteiger partial charge in [0.1, 0.15) is 4.32 Å². The van der Waals surface area contributed by atoms with Crippen molar-refractivity contribution in [2.75, 3.05) is 0 Å². The fourth-order valence-electron chi connectivity index (χ4n) is 2.96. The normalized spacial score (nSPS) is 23.2. The first-order valence-corrected chi connectivity index (χ1v) is 8.84. The minimum atomic E-state index is -0.582. The third-order valence-electron chi connectivity index (χ3n) is 4.12. The molecule has 0 saturated carbocycles. The van der Waals surface area contributed by atoms with Crippen LogP contribution in [0, 0.1) is 0 Å². The van der Waals surface area contributed by atoms with E-state index in [2.05, 4.69) is 50.1 Å². The van der Waals surface area contributed by atoms with Crippen LogP contribution in [0.2, 0.25) is 0 Å². The van der Waals surface area contributed by atoms with Crippen LogP contribution in [0.4, 0.5) is 0 Å². The molecule has 2 aromatic rings. The van der Waals surface area contributed by atoms with E-state index in [4.69, 9.17) is 0 Å². The molecule has 0 aliphatic heterocycles. The molecule has 3 heteroatoms. The maximum atomic E-state index is 13.1. The molecule has 0 spiro atoms. The van der Waals surface area contributed by atoms with Gasteiger partial charge in [-0.25, -0.2) is 0 Å². The smallest absolute Gasteiger partial charge is 0.181 e. The summed E-state index contributed by atoms with van der Waals surface area (Å²) in [7, 11) is 0. The molecule has 2 atom stereocenters. The molecule has 0 bridgehead atoms. The van der Waals surface area contributed by atoms with E-state index in [1.54, 1.807) is 0 Å². The van der Waals surface area contributed by atoms with E-state index in [1.807, 2.05) is 36.4 Å². The number of fused-ring (bicyclic) bond motifs is 1. The minimum Gasteiger partial charge on any atom is -0.293 e. The molecule has 108 valence electrons. The lowest BCUT2D eigenvalue weighted by Gasteiger charge is -2.30. The van der Waals surface area contributed by atoms with E-state index in [1.165, 1.54) is 0 Å². The van der Waals surface area contributed by atoms with Crippen LogP contribution in [0.1, 0.15) is 39.2 Å². The molecule has 0 heterocycles. The number of ketones is 1. The number of alkyl halides is 2. The molecule has 1 aliphatic rings. The van der Waals surface area contributed by atoms with Crippen molar-refractivity contribution in [2.24, 2.45) is 0 Å². The second kappa shape index (κ2) is 6.05. The number of rotatable bonds is 2. The Morgan fingerprint density at radius 2 is 1.67 bits per heavy atom. The maximum Gasteiger partial charge on any atom is 0.181 e. The number of Topliss-reactive ketones (excluding diaryl/α,β-unsaturated/α-hetero) is 1. The zero-order chi connectivity index (χ0) is 14.9. The first-order chi connectivity index (χ1) is 10.1. The molecule has 0 saturated heterocycles. The molecule has 3 rings (SSSR count). The molecule has 0 aromatic heterocycles. The van der Waals surface area contributed by atoms with Gasteiger partial charge in [-0.15, -0.1) is 0 Å². The summed E-state index contributed by atoms with van der Waals surface area (Å²) in [5.41, 5.74) is 3.14. The number of carbonyl (C=O) groups is 1. The summed E-state index contributed by atoms with van der Waals surface area (Å²) >= 11 is 7.55. The molecule has 1 unspecified atom stereocenters. The van der Waals surface area contributed by atoms with E-state index < -0.39 is 4.32 Å². The van der Waals surface area contributed by atoms with Gasteiger partial charge in [-0.2, -0.15) is 0 Å². The van der Waals surface area contributed by atoms with Gasteiger partial charge in [0.2, 0.25) is 0 Å². The van der Waals surface area contributed by atoms with Crippen LogP contribution in [-0.4, -0.2) is 10.1 Å². The molecule has 1 aliphatic carbocycles. The predicted octanol–water partition coefficient (Wildman–Crippen LogP) is 5.48. The third kappa shape index (κ3) is 2.74. The Labute approximate surface area is 142 Å². The molecule has 0 N–H and O–H groups in total. The fourth-order valence-corrected chi connectivity index (χ4v) is 4.46. The van der Waals surface area contributed by atoms with Gasteiger partial charge in [-0.05, 0) is 30.4 Å². The fraction of sp³-hybridized carbons (Fsp3) is 0.278. The second-order valence-corrected chi connectivity index (χ2v) is 7.81. The van der Waals surface area contributed by atoms with Crippen molar-refractivity contribution in [1.29, 1.82) is 0 Å². The lowest BCUT2D eigenvalue weighted by atomic mass is 9.89. The Bertz CT molecular complexity index is 653. The van der Waals surface area contributed by atoms with E-state index in [0.29, 0.717) is 0 Å². The summed E-state index contributed by atoms with van der Waals surface area (Å²) in [5, 5.41) is 0. The SMILES string of the molecule is O=C1c2ccccc2CCCC1(Br)[C@H](Br)c1ccccc1. The van der Waals surface area contributed by atoms with Crippen LogP contribution in [-0.2, 0) is 6.42 Å². The quantitative estimate of drug-likeness (QED) is 0.476. The Hall–Kier alpha value is -0.930. The molecule has 0 amide bonds. The molecule has 1 nitrogen and oxygen atoms in total. The number of hydrogen-bond acceptors (Lipinski definition) is 1. The Kier molecular flexibility index (Phi) is 4.32. The largest absolute Gasteiger partial charge is 0.293 e. The highest BCUT2D eigenvalue weighted by molar-refractivity contribution is 9.12. The van der Waals surface area contributed by atoms with Gasteiger partial charge in [0.15, 0.2) is 5.78 Å². The van der Waals surface area contributed by atoms with Crippen LogP contribution < -0.4 is 0 Å². The van der Waals surface area contributed by atoms with Crippen LogP contribution >= 0.6 is 31.9 Å². The van der Waals surface area contributed by atoms with Crippen molar-refractivity contribution in [3.05, 3.63) is 71.3 Å². The van der Waals surface area contributed by atoms with Gasteiger partial charge in [0.25, 0.3) is 0 Å². The van der Waals surface area contributed by atoms with Crippen LogP contribution in [0.3, 0.4) is 0 Å². The number of aryl methyl sites for hydroxylation is 1. The highest BCUT2D eigenvalue weighted by atomic mass is 79.9. The Balaban J connectivity index is 2.03. The number of benzene rings is 2. The average Bonchev–Trinajstić information content (AvgIpc) is 2.66. The van der Waals surface area contributed by atoms with Crippen molar-refractivity contribution in [2.45, 2.75) is 28.4 Å². The molecule has 2 aromatic carbocycles. The van der Waals surface area contributed by atoms with Crippen molar-refractivity contribution in [3.8, 4) is 0 Å². The van der Waals surface area contributed by atoms with E-state index in [9.17, 15) is 4.79 Å². The highest BCUT2D eigenvalue weighted by Crippen LogP contribution is 2.47. The standard InChI is InChI=1S/C18H16Br2O/c19-16(14-8-2-1-3-9-14)18(20)12-6-10-13-7-4-5-11-15(13)17(18)21/h1-5,7-9,11,16H,6,10,12H2/t16-,18?/m1/s1. The monoisotopic (exact) mass is 406 g/mol. The van der Waals surface area contributed by atoms with Gasteiger partial charge in [-0.3, -0.25) is 4.79 Å². The van der Waals surface area contributed by atoms with Gasteiger partial charge in [0, 0.05) is 5.56 Å². The summed E-state index contributed by atoms with van der Waals surface area (Å²) in [4.78, 5) is 13.1. The van der Waals surface area contributed by atoms with Crippen LogP contribution in [0.25, 0.3) is 0 Å². The van der Waals surface area contributed by atoms with Crippen molar-refractivity contribution >= 4 is 37.6 Å². The number of hydrogen-bond donors (Lipinski definition) is 0. The first-order valence-electron chi connectivity index (χ1n) is 7.13. The van der Waals surface area contributed by atoms with Crippen LogP contribution in [0.15, 0.2) is 54.6 Å². The second-order valence-electron chi connectivity index (χ2n) is 5.48. The molecule has 0 fully saturated rings. The summed E-state index contributed by atoms with van der Waals surface area (Å²) in [6.45, 7) is 0. The Morgan fingerprint density at radius 3 is 2.43 bits per heavy atom. The van der Waals surface area contributed by atoms with Crippen LogP contribution in [0.5, 0.6) is 0 Å². The molecular formula is C18H16Br2O. The molecule has 21 heavy (non-hydrogen) atoms. The van der Waals surface area contributed by atoms with Crippen molar-refractivity contribution in [3.63, 3.8) is 0 Å². The molecular weight excluding hydrogens is 392 g/mol. The van der Waals surface area contributed by atoms with Gasteiger partial charge in [0.05, 0.1) is 4.83 Å². The zero-order valence-electron chi connectivity index (χ0n) is 11.6. The Morgan fingerprint density at radius 1 is 1.00 bits per heavy atom. The lowest BCUT2D eigenvalue weighted by Crippen LogP contribution is -2.35. The van der Waals surface area contributed by atoms with Gasteiger partial charge >= 0.3 is 0 Å². The third-order valence-corrected chi connectivity index (χ3v) is 7.26. The van der Waals surface area contributed by atoms with E-state index in [0.717, 1.165) is 36.0 Å². The highest BCUT2D eigenvalue weighted by Gasteiger charge is 2.44. The zero-order valence-corrected chi connectivity index (χ0v) is 14.7. The maximum absolute atomic E-state index is 13.1. The predicted molar refractivity (Wildman–Crippen MR) is 93.5 cm³/mol. The lowest BCUT2D eigenvalue weighted by molar-refractivity contribution is 0.0942.